The van der Waals surface area contributed by atoms with Crippen LogP contribution in [0.3, 0.4) is 0 Å². The van der Waals surface area contributed by atoms with E-state index in [1.54, 1.807) is 12.0 Å². The number of ether oxygens (including phenoxy) is 1. The molecular weight excluding hydrogens is 378 g/mol. The van der Waals surface area contributed by atoms with E-state index in [0.29, 0.717) is 36.6 Å². The molecule has 3 aromatic rings. The molecule has 1 atom stereocenters. The predicted octanol–water partition coefficient (Wildman–Crippen LogP) is 3.85. The normalized spacial score (nSPS) is 14.9. The van der Waals surface area contributed by atoms with Crippen molar-refractivity contribution in [3.05, 3.63) is 59.8 Å². The average Bonchev–Trinajstić information content (AvgIpc) is 3.32. The summed E-state index contributed by atoms with van der Waals surface area (Å²) in [5.41, 5.74) is 3.26. The zero-order valence-corrected chi connectivity index (χ0v) is 17.6. The molecule has 6 heteroatoms. The Morgan fingerprint density at radius 2 is 1.97 bits per heavy atom. The fourth-order valence-corrected chi connectivity index (χ4v) is 4.18. The molecule has 2 heterocycles. The molecule has 2 amide bonds. The van der Waals surface area contributed by atoms with Gasteiger partial charge in [-0.05, 0) is 36.1 Å². The second kappa shape index (κ2) is 8.22. The van der Waals surface area contributed by atoms with Crippen molar-refractivity contribution in [2.75, 3.05) is 25.1 Å². The highest BCUT2D eigenvalue weighted by Gasteiger charge is 2.31. The first-order chi connectivity index (χ1) is 14.5. The molecule has 1 aliphatic heterocycles. The van der Waals surface area contributed by atoms with Crippen LogP contribution in [0.15, 0.2) is 48.5 Å². The molecule has 1 saturated heterocycles. The van der Waals surface area contributed by atoms with Gasteiger partial charge in [0, 0.05) is 31.9 Å². The summed E-state index contributed by atoms with van der Waals surface area (Å²) in [5, 5.41) is 3.93. The number of nitrogens with one attached hydrogen (secondary N) is 1. The molecule has 0 aliphatic carbocycles. The van der Waals surface area contributed by atoms with E-state index in [0.717, 1.165) is 17.3 Å². The highest BCUT2D eigenvalue weighted by molar-refractivity contribution is 6.14. The SMILES string of the molecule is COc1ccc2c(c1)c(N1CCCC1=O)c(C(=O)NCC(C)c1ccccc1)n2C. The van der Waals surface area contributed by atoms with Crippen LogP contribution in [0.1, 0.15) is 41.7 Å². The van der Waals surface area contributed by atoms with E-state index < -0.39 is 0 Å². The van der Waals surface area contributed by atoms with Crippen LogP contribution in [0.4, 0.5) is 5.69 Å². The molecule has 1 aliphatic rings. The Balaban J connectivity index is 1.71. The molecule has 2 aromatic carbocycles. The van der Waals surface area contributed by atoms with Crippen LogP contribution in [0, 0.1) is 0 Å². The Morgan fingerprint density at radius 3 is 2.63 bits per heavy atom. The Labute approximate surface area is 176 Å². The number of aryl methyl sites for hydroxylation is 1. The molecule has 1 aromatic heterocycles. The number of fused-ring (bicyclic) bond motifs is 1. The number of methoxy groups -OCH3 is 1. The van der Waals surface area contributed by atoms with Crippen LogP contribution in [0.5, 0.6) is 5.75 Å². The molecule has 1 fully saturated rings. The number of nitrogens with zero attached hydrogens (tertiary/aromatic N) is 2. The van der Waals surface area contributed by atoms with Gasteiger partial charge in [-0.15, -0.1) is 0 Å². The summed E-state index contributed by atoms with van der Waals surface area (Å²) < 4.78 is 7.26. The summed E-state index contributed by atoms with van der Waals surface area (Å²) in [4.78, 5) is 27.6. The molecule has 0 spiro atoms. The number of benzene rings is 2. The number of carbonyl (C=O) groups excluding carboxylic acids is 2. The lowest BCUT2D eigenvalue weighted by Crippen LogP contribution is -2.32. The Morgan fingerprint density at radius 1 is 1.20 bits per heavy atom. The lowest BCUT2D eigenvalue weighted by Gasteiger charge is -2.19. The Kier molecular flexibility index (Phi) is 5.48. The zero-order chi connectivity index (χ0) is 21.3. The summed E-state index contributed by atoms with van der Waals surface area (Å²) in [6, 6.07) is 15.8. The van der Waals surface area contributed by atoms with Crippen molar-refractivity contribution in [3.63, 3.8) is 0 Å². The summed E-state index contributed by atoms with van der Waals surface area (Å²) in [6.45, 7) is 3.23. The van der Waals surface area contributed by atoms with Gasteiger partial charge >= 0.3 is 0 Å². The lowest BCUT2D eigenvalue weighted by atomic mass is 10.0. The maximum absolute atomic E-state index is 13.3. The van der Waals surface area contributed by atoms with Gasteiger partial charge in [0.05, 0.1) is 18.3 Å². The minimum Gasteiger partial charge on any atom is -0.497 e. The molecule has 156 valence electrons. The van der Waals surface area contributed by atoms with Crippen molar-refractivity contribution in [2.45, 2.75) is 25.7 Å². The van der Waals surface area contributed by atoms with Gasteiger partial charge in [-0.1, -0.05) is 37.3 Å². The van der Waals surface area contributed by atoms with Crippen LogP contribution >= 0.6 is 0 Å². The van der Waals surface area contributed by atoms with Crippen LogP contribution in [-0.2, 0) is 11.8 Å². The predicted molar refractivity (Wildman–Crippen MR) is 118 cm³/mol. The van der Waals surface area contributed by atoms with E-state index in [4.69, 9.17) is 4.74 Å². The number of hydrogen-bond acceptors (Lipinski definition) is 3. The number of hydrogen-bond donors (Lipinski definition) is 1. The third-order valence-corrected chi connectivity index (χ3v) is 5.88. The van der Waals surface area contributed by atoms with Crippen LogP contribution in [0.2, 0.25) is 0 Å². The first-order valence-corrected chi connectivity index (χ1v) is 10.3. The van der Waals surface area contributed by atoms with Gasteiger partial charge in [-0.3, -0.25) is 9.59 Å². The van der Waals surface area contributed by atoms with E-state index in [2.05, 4.69) is 24.4 Å². The maximum Gasteiger partial charge on any atom is 0.270 e. The van der Waals surface area contributed by atoms with Crippen molar-refractivity contribution in [2.24, 2.45) is 7.05 Å². The van der Waals surface area contributed by atoms with Crippen molar-refractivity contribution in [1.82, 2.24) is 9.88 Å². The van der Waals surface area contributed by atoms with Crippen LogP contribution in [0.25, 0.3) is 10.9 Å². The van der Waals surface area contributed by atoms with Crippen molar-refractivity contribution >= 4 is 28.4 Å². The van der Waals surface area contributed by atoms with Gasteiger partial charge in [0.2, 0.25) is 5.91 Å². The van der Waals surface area contributed by atoms with Crippen molar-refractivity contribution < 1.29 is 14.3 Å². The standard InChI is InChI=1S/C24H27N3O3/c1-16(17-8-5-4-6-9-17)15-25-24(29)23-22(27-13-7-10-21(27)28)19-14-18(30-3)11-12-20(19)26(23)2/h4-6,8-9,11-12,14,16H,7,10,13,15H2,1-3H3,(H,25,29). The topological polar surface area (TPSA) is 63.6 Å². The molecule has 0 bridgehead atoms. The third kappa shape index (κ3) is 3.54. The number of anilines is 1. The summed E-state index contributed by atoms with van der Waals surface area (Å²) >= 11 is 0. The fourth-order valence-electron chi connectivity index (χ4n) is 4.18. The largest absolute Gasteiger partial charge is 0.497 e. The average molecular weight is 405 g/mol. The van der Waals surface area contributed by atoms with Crippen molar-refractivity contribution in [3.8, 4) is 5.75 Å². The molecular formula is C24H27N3O3. The van der Waals surface area contributed by atoms with E-state index in [1.807, 2.05) is 48.0 Å². The summed E-state index contributed by atoms with van der Waals surface area (Å²) in [7, 11) is 3.48. The van der Waals surface area contributed by atoms with Gasteiger partial charge < -0.3 is 19.5 Å². The van der Waals surface area contributed by atoms with Gasteiger partial charge in [0.25, 0.3) is 5.91 Å². The quantitative estimate of drug-likeness (QED) is 0.678. The molecule has 1 N–H and O–H groups in total. The molecule has 30 heavy (non-hydrogen) atoms. The second-order valence-electron chi connectivity index (χ2n) is 7.81. The smallest absolute Gasteiger partial charge is 0.270 e. The molecule has 0 saturated carbocycles. The van der Waals surface area contributed by atoms with Gasteiger partial charge in [-0.25, -0.2) is 0 Å². The number of rotatable bonds is 6. The van der Waals surface area contributed by atoms with Gasteiger partial charge in [0.1, 0.15) is 11.4 Å². The van der Waals surface area contributed by atoms with Gasteiger partial charge in [0.15, 0.2) is 0 Å². The lowest BCUT2D eigenvalue weighted by molar-refractivity contribution is -0.117. The van der Waals surface area contributed by atoms with Gasteiger partial charge in [-0.2, -0.15) is 0 Å². The highest BCUT2D eigenvalue weighted by atomic mass is 16.5. The first-order valence-electron chi connectivity index (χ1n) is 10.3. The van der Waals surface area contributed by atoms with E-state index in [-0.39, 0.29) is 17.7 Å². The summed E-state index contributed by atoms with van der Waals surface area (Å²) in [6.07, 6.45) is 1.30. The van der Waals surface area contributed by atoms with E-state index in [9.17, 15) is 9.59 Å². The molecule has 6 nitrogen and oxygen atoms in total. The third-order valence-electron chi connectivity index (χ3n) is 5.88. The highest BCUT2D eigenvalue weighted by Crippen LogP contribution is 2.37. The maximum atomic E-state index is 13.3. The number of aromatic nitrogens is 1. The number of carbonyl (C=O) groups is 2. The minimum absolute atomic E-state index is 0.0528. The second-order valence-corrected chi connectivity index (χ2v) is 7.81. The first kappa shape index (κ1) is 20.0. The number of amides is 2. The Bertz CT molecular complexity index is 1090. The zero-order valence-electron chi connectivity index (χ0n) is 17.6. The van der Waals surface area contributed by atoms with Crippen LogP contribution in [-0.4, -0.2) is 36.6 Å². The monoisotopic (exact) mass is 405 g/mol. The molecule has 4 rings (SSSR count). The molecule has 1 unspecified atom stereocenters. The summed E-state index contributed by atoms with van der Waals surface area (Å²) in [5.74, 6) is 0.759. The molecule has 0 radical (unpaired) electrons. The van der Waals surface area contributed by atoms with Crippen molar-refractivity contribution in [1.29, 1.82) is 0 Å². The Hall–Kier alpha value is -3.28. The van der Waals surface area contributed by atoms with E-state index >= 15 is 0 Å². The van der Waals surface area contributed by atoms with Crippen LogP contribution < -0.4 is 15.0 Å². The van der Waals surface area contributed by atoms with E-state index in [1.165, 1.54) is 5.56 Å². The fraction of sp³-hybridized carbons (Fsp3) is 0.333. The minimum atomic E-state index is -0.176.